The smallest absolute Gasteiger partial charge is 0.104 e. The standard InChI is InChI=1S/C11H22O4/c1-3-5-14-9-11(2,12)4-6-13-7-10-8-15-10/h10,12H,3-9H2,1-2H3. The molecule has 0 aromatic rings. The fourth-order valence-electron chi connectivity index (χ4n) is 1.18. The van der Waals surface area contributed by atoms with Crippen molar-refractivity contribution in [3.8, 4) is 0 Å². The molecule has 0 aromatic carbocycles. The normalized spacial score (nSPS) is 23.8. The summed E-state index contributed by atoms with van der Waals surface area (Å²) in [6.07, 6.45) is 1.88. The Hall–Kier alpha value is -0.160. The molecule has 1 rings (SSSR count). The van der Waals surface area contributed by atoms with Crippen LogP contribution in [-0.2, 0) is 14.2 Å². The first-order valence-corrected chi connectivity index (χ1v) is 5.63. The molecule has 0 radical (unpaired) electrons. The molecule has 90 valence electrons. The number of aliphatic hydroxyl groups is 1. The molecule has 2 atom stereocenters. The predicted octanol–water partition coefficient (Wildman–Crippen LogP) is 0.969. The molecule has 0 aliphatic carbocycles. The van der Waals surface area contributed by atoms with E-state index >= 15 is 0 Å². The van der Waals surface area contributed by atoms with Crippen molar-refractivity contribution in [2.45, 2.75) is 38.4 Å². The average molecular weight is 218 g/mol. The summed E-state index contributed by atoms with van der Waals surface area (Å²) in [5, 5.41) is 9.89. The first kappa shape index (κ1) is 12.9. The third-order valence-electron chi connectivity index (χ3n) is 2.25. The molecular weight excluding hydrogens is 196 g/mol. The minimum absolute atomic E-state index is 0.297. The van der Waals surface area contributed by atoms with E-state index in [-0.39, 0.29) is 0 Å². The largest absolute Gasteiger partial charge is 0.388 e. The van der Waals surface area contributed by atoms with Gasteiger partial charge in [-0.15, -0.1) is 0 Å². The van der Waals surface area contributed by atoms with E-state index in [0.29, 0.717) is 39.0 Å². The van der Waals surface area contributed by atoms with Crippen molar-refractivity contribution in [2.75, 3.05) is 33.0 Å². The first-order valence-electron chi connectivity index (χ1n) is 5.63. The predicted molar refractivity (Wildman–Crippen MR) is 56.9 cm³/mol. The van der Waals surface area contributed by atoms with Gasteiger partial charge in [-0.25, -0.2) is 0 Å². The molecule has 1 aliphatic heterocycles. The Bertz CT molecular complexity index is 166. The number of hydrogen-bond donors (Lipinski definition) is 1. The van der Waals surface area contributed by atoms with Crippen LogP contribution in [0.15, 0.2) is 0 Å². The Morgan fingerprint density at radius 1 is 1.40 bits per heavy atom. The molecule has 1 heterocycles. The molecule has 0 amide bonds. The zero-order valence-corrected chi connectivity index (χ0v) is 9.70. The Balaban J connectivity index is 1.95. The fraction of sp³-hybridized carbons (Fsp3) is 1.00. The number of epoxide rings is 1. The Morgan fingerprint density at radius 2 is 2.13 bits per heavy atom. The highest BCUT2D eigenvalue weighted by atomic mass is 16.6. The van der Waals surface area contributed by atoms with Gasteiger partial charge in [0.15, 0.2) is 0 Å². The number of ether oxygens (including phenoxy) is 3. The lowest BCUT2D eigenvalue weighted by Crippen LogP contribution is -2.32. The van der Waals surface area contributed by atoms with Crippen LogP contribution in [0.25, 0.3) is 0 Å². The van der Waals surface area contributed by atoms with E-state index in [4.69, 9.17) is 14.2 Å². The summed E-state index contributed by atoms with van der Waals surface area (Å²) in [6.45, 7) is 6.93. The van der Waals surface area contributed by atoms with Gasteiger partial charge in [-0.05, 0) is 13.3 Å². The second-order valence-corrected chi connectivity index (χ2v) is 4.33. The summed E-state index contributed by atoms with van der Waals surface area (Å²) in [6, 6.07) is 0. The van der Waals surface area contributed by atoms with E-state index in [9.17, 15) is 5.11 Å². The summed E-state index contributed by atoms with van der Waals surface area (Å²) < 4.78 is 15.7. The van der Waals surface area contributed by atoms with Crippen molar-refractivity contribution in [1.29, 1.82) is 0 Å². The van der Waals surface area contributed by atoms with Crippen molar-refractivity contribution in [2.24, 2.45) is 0 Å². The highest BCUT2D eigenvalue weighted by molar-refractivity contribution is 4.72. The second kappa shape index (κ2) is 6.43. The zero-order chi connectivity index (χ0) is 11.1. The van der Waals surface area contributed by atoms with E-state index in [2.05, 4.69) is 0 Å². The van der Waals surface area contributed by atoms with Crippen LogP contribution in [0.1, 0.15) is 26.7 Å². The van der Waals surface area contributed by atoms with Crippen molar-refractivity contribution in [1.82, 2.24) is 0 Å². The van der Waals surface area contributed by atoms with Crippen molar-refractivity contribution >= 4 is 0 Å². The maximum absolute atomic E-state index is 9.89. The maximum Gasteiger partial charge on any atom is 0.104 e. The van der Waals surface area contributed by atoms with Crippen LogP contribution in [0.3, 0.4) is 0 Å². The van der Waals surface area contributed by atoms with Gasteiger partial charge < -0.3 is 19.3 Å². The molecule has 0 saturated carbocycles. The summed E-state index contributed by atoms with van der Waals surface area (Å²) >= 11 is 0. The van der Waals surface area contributed by atoms with E-state index in [0.717, 1.165) is 13.0 Å². The third-order valence-corrected chi connectivity index (χ3v) is 2.25. The molecular formula is C11H22O4. The molecule has 0 spiro atoms. The summed E-state index contributed by atoms with van der Waals surface area (Å²) in [5.41, 5.74) is -0.778. The van der Waals surface area contributed by atoms with Gasteiger partial charge in [0.05, 0.1) is 25.4 Å². The summed E-state index contributed by atoms with van der Waals surface area (Å²) in [7, 11) is 0. The van der Waals surface area contributed by atoms with Gasteiger partial charge in [0.1, 0.15) is 6.10 Å². The molecule has 0 aromatic heterocycles. The van der Waals surface area contributed by atoms with Crippen LogP contribution in [-0.4, -0.2) is 49.8 Å². The van der Waals surface area contributed by atoms with E-state index in [1.165, 1.54) is 0 Å². The van der Waals surface area contributed by atoms with Crippen LogP contribution in [0.2, 0.25) is 0 Å². The van der Waals surface area contributed by atoms with Crippen LogP contribution in [0.4, 0.5) is 0 Å². The Kier molecular flexibility index (Phi) is 5.53. The summed E-state index contributed by atoms with van der Waals surface area (Å²) in [5.74, 6) is 0. The van der Waals surface area contributed by atoms with Gasteiger partial charge in [-0.2, -0.15) is 0 Å². The lowest BCUT2D eigenvalue weighted by molar-refractivity contribution is -0.0536. The van der Waals surface area contributed by atoms with Gasteiger partial charge in [0.2, 0.25) is 0 Å². The average Bonchev–Trinajstić information content (AvgIpc) is 2.96. The minimum Gasteiger partial charge on any atom is -0.388 e. The Morgan fingerprint density at radius 3 is 2.73 bits per heavy atom. The molecule has 4 nitrogen and oxygen atoms in total. The van der Waals surface area contributed by atoms with Crippen molar-refractivity contribution < 1.29 is 19.3 Å². The molecule has 2 unspecified atom stereocenters. The monoisotopic (exact) mass is 218 g/mol. The molecule has 1 fully saturated rings. The van der Waals surface area contributed by atoms with E-state index < -0.39 is 5.60 Å². The van der Waals surface area contributed by atoms with Crippen LogP contribution >= 0.6 is 0 Å². The van der Waals surface area contributed by atoms with Crippen LogP contribution in [0, 0.1) is 0 Å². The second-order valence-electron chi connectivity index (χ2n) is 4.33. The highest BCUT2D eigenvalue weighted by Crippen LogP contribution is 2.12. The first-order chi connectivity index (χ1) is 7.14. The third kappa shape index (κ3) is 6.84. The van der Waals surface area contributed by atoms with Gasteiger partial charge in [-0.3, -0.25) is 0 Å². The molecule has 4 heteroatoms. The van der Waals surface area contributed by atoms with Crippen molar-refractivity contribution in [3.05, 3.63) is 0 Å². The topological polar surface area (TPSA) is 51.2 Å². The fourth-order valence-corrected chi connectivity index (χ4v) is 1.18. The Labute approximate surface area is 91.5 Å². The lowest BCUT2D eigenvalue weighted by atomic mass is 10.1. The van der Waals surface area contributed by atoms with Crippen molar-refractivity contribution in [3.63, 3.8) is 0 Å². The highest BCUT2D eigenvalue weighted by Gasteiger charge is 2.24. The van der Waals surface area contributed by atoms with Gasteiger partial charge >= 0.3 is 0 Å². The molecule has 1 N–H and O–H groups in total. The summed E-state index contributed by atoms with van der Waals surface area (Å²) in [4.78, 5) is 0. The molecule has 1 aliphatic rings. The van der Waals surface area contributed by atoms with E-state index in [1.807, 2.05) is 6.92 Å². The van der Waals surface area contributed by atoms with E-state index in [1.54, 1.807) is 6.92 Å². The van der Waals surface area contributed by atoms with Gasteiger partial charge in [-0.1, -0.05) is 6.92 Å². The minimum atomic E-state index is -0.778. The molecule has 15 heavy (non-hydrogen) atoms. The number of hydrogen-bond acceptors (Lipinski definition) is 4. The molecule has 0 bridgehead atoms. The SMILES string of the molecule is CCCOCC(C)(O)CCOCC1CO1. The van der Waals surface area contributed by atoms with Crippen LogP contribution < -0.4 is 0 Å². The molecule has 1 saturated heterocycles. The quantitative estimate of drug-likeness (QED) is 0.463. The van der Waals surface area contributed by atoms with Gasteiger partial charge in [0, 0.05) is 19.6 Å². The van der Waals surface area contributed by atoms with Crippen LogP contribution in [0.5, 0.6) is 0 Å². The lowest BCUT2D eigenvalue weighted by Gasteiger charge is -2.22. The zero-order valence-electron chi connectivity index (χ0n) is 9.70. The number of rotatable bonds is 9. The maximum atomic E-state index is 9.89. The van der Waals surface area contributed by atoms with Gasteiger partial charge in [0.25, 0.3) is 0 Å².